The summed E-state index contributed by atoms with van der Waals surface area (Å²) in [6.45, 7) is 2.07. The SMILES string of the molecule is CCN1C(=O)C(NC(=O)c2nccc(C(F)(F)F)n2)C(c2ccccc2)c2cnn(-c3ccccc3)c21. The topological polar surface area (TPSA) is 93.0 Å². The van der Waals surface area contributed by atoms with Crippen LogP contribution in [0, 0.1) is 0 Å². The highest BCUT2D eigenvalue weighted by Crippen LogP contribution is 2.41. The number of nitrogens with zero attached hydrogens (tertiary/aromatic N) is 5. The molecule has 0 fully saturated rings. The Bertz CT molecular complexity index is 1440. The number of carbonyl (C=O) groups is 2. The summed E-state index contributed by atoms with van der Waals surface area (Å²) in [6.07, 6.45) is -2.23. The first-order valence-electron chi connectivity index (χ1n) is 11.5. The van der Waals surface area contributed by atoms with Gasteiger partial charge in [-0.05, 0) is 30.7 Å². The van der Waals surface area contributed by atoms with Gasteiger partial charge in [-0.25, -0.2) is 14.6 Å². The fourth-order valence-corrected chi connectivity index (χ4v) is 4.51. The van der Waals surface area contributed by atoms with Gasteiger partial charge in [-0.1, -0.05) is 48.5 Å². The van der Waals surface area contributed by atoms with Crippen molar-refractivity contribution in [3.8, 4) is 5.69 Å². The van der Waals surface area contributed by atoms with Crippen LogP contribution >= 0.6 is 0 Å². The van der Waals surface area contributed by atoms with E-state index in [0.29, 0.717) is 17.4 Å². The molecule has 2 aromatic heterocycles. The van der Waals surface area contributed by atoms with E-state index in [1.807, 2.05) is 60.7 Å². The van der Waals surface area contributed by atoms with E-state index < -0.39 is 41.5 Å². The highest BCUT2D eigenvalue weighted by atomic mass is 19.4. The molecular weight excluding hydrogens is 485 g/mol. The summed E-state index contributed by atoms with van der Waals surface area (Å²) < 4.78 is 41.1. The summed E-state index contributed by atoms with van der Waals surface area (Å²) >= 11 is 0. The molecule has 1 N–H and O–H groups in total. The van der Waals surface area contributed by atoms with E-state index in [9.17, 15) is 22.8 Å². The van der Waals surface area contributed by atoms with Gasteiger partial charge in [0, 0.05) is 24.2 Å². The lowest BCUT2D eigenvalue weighted by Crippen LogP contribution is -2.55. The first-order chi connectivity index (χ1) is 17.8. The number of alkyl halides is 3. The number of likely N-dealkylation sites (N-methyl/N-ethyl adjacent to an activating group) is 1. The molecule has 2 unspecified atom stereocenters. The molecule has 11 heteroatoms. The Kier molecular flexibility index (Phi) is 6.20. The molecular formula is C26H21F3N6O2. The van der Waals surface area contributed by atoms with E-state index in [-0.39, 0.29) is 6.54 Å². The van der Waals surface area contributed by atoms with Crippen LogP contribution in [0.4, 0.5) is 19.0 Å². The Morgan fingerprint density at radius 2 is 1.70 bits per heavy atom. The van der Waals surface area contributed by atoms with Crippen molar-refractivity contribution >= 4 is 17.6 Å². The van der Waals surface area contributed by atoms with Gasteiger partial charge in [0.2, 0.25) is 5.82 Å². The average Bonchev–Trinajstić information content (AvgIpc) is 3.34. The molecule has 0 saturated heterocycles. The molecule has 2 atom stereocenters. The third kappa shape index (κ3) is 4.44. The number of rotatable bonds is 5. The van der Waals surface area contributed by atoms with Crippen LogP contribution in [0.15, 0.2) is 79.1 Å². The minimum absolute atomic E-state index is 0.276. The summed E-state index contributed by atoms with van der Waals surface area (Å²) in [6, 6.07) is 17.9. The minimum atomic E-state index is -4.74. The summed E-state index contributed by atoms with van der Waals surface area (Å²) in [5.74, 6) is -2.18. The number of hydrogen-bond acceptors (Lipinski definition) is 5. The molecule has 0 aliphatic carbocycles. The van der Waals surface area contributed by atoms with Crippen LogP contribution in [0.1, 0.15) is 40.3 Å². The second-order valence-electron chi connectivity index (χ2n) is 8.36. The number of hydrogen-bond donors (Lipinski definition) is 1. The maximum Gasteiger partial charge on any atom is 0.433 e. The van der Waals surface area contributed by atoms with Gasteiger partial charge in [-0.3, -0.25) is 14.5 Å². The normalized spacial score (nSPS) is 17.4. The van der Waals surface area contributed by atoms with Crippen molar-refractivity contribution < 1.29 is 22.8 Å². The fraction of sp³-hybridized carbons (Fsp3) is 0.192. The Morgan fingerprint density at radius 3 is 2.35 bits per heavy atom. The van der Waals surface area contributed by atoms with Crippen LogP contribution in [0.3, 0.4) is 0 Å². The largest absolute Gasteiger partial charge is 0.433 e. The quantitative estimate of drug-likeness (QED) is 0.442. The van der Waals surface area contributed by atoms with Crippen LogP contribution in [-0.2, 0) is 11.0 Å². The molecule has 37 heavy (non-hydrogen) atoms. The van der Waals surface area contributed by atoms with Crippen molar-refractivity contribution in [1.29, 1.82) is 0 Å². The molecule has 2 aromatic carbocycles. The zero-order valence-corrected chi connectivity index (χ0v) is 19.6. The van der Waals surface area contributed by atoms with E-state index in [1.54, 1.807) is 17.8 Å². The van der Waals surface area contributed by atoms with Crippen molar-refractivity contribution in [3.63, 3.8) is 0 Å². The molecule has 0 bridgehead atoms. The van der Waals surface area contributed by atoms with Crippen molar-refractivity contribution in [1.82, 2.24) is 25.1 Å². The maximum atomic E-state index is 13.8. The van der Waals surface area contributed by atoms with E-state index in [2.05, 4.69) is 20.4 Å². The van der Waals surface area contributed by atoms with Gasteiger partial charge in [-0.2, -0.15) is 18.3 Å². The van der Waals surface area contributed by atoms with E-state index >= 15 is 0 Å². The van der Waals surface area contributed by atoms with Gasteiger partial charge in [-0.15, -0.1) is 0 Å². The van der Waals surface area contributed by atoms with Crippen LogP contribution < -0.4 is 10.2 Å². The summed E-state index contributed by atoms with van der Waals surface area (Å²) in [4.78, 5) is 35.5. The lowest BCUT2D eigenvalue weighted by atomic mass is 9.82. The first kappa shape index (κ1) is 24.2. The maximum absolute atomic E-state index is 13.8. The molecule has 1 aliphatic heterocycles. The summed E-state index contributed by atoms with van der Waals surface area (Å²) in [5.41, 5.74) is 0.924. The Labute approximate surface area is 209 Å². The fourth-order valence-electron chi connectivity index (χ4n) is 4.51. The molecule has 1 aliphatic rings. The molecule has 0 radical (unpaired) electrons. The van der Waals surface area contributed by atoms with Crippen LogP contribution in [0.25, 0.3) is 5.69 Å². The van der Waals surface area contributed by atoms with Crippen molar-refractivity contribution in [2.24, 2.45) is 0 Å². The van der Waals surface area contributed by atoms with Gasteiger partial charge in [0.15, 0.2) is 0 Å². The second kappa shape index (κ2) is 9.49. The van der Waals surface area contributed by atoms with Crippen molar-refractivity contribution in [2.75, 3.05) is 11.4 Å². The third-order valence-electron chi connectivity index (χ3n) is 6.14. The smallest absolute Gasteiger partial charge is 0.337 e. The molecule has 8 nitrogen and oxygen atoms in total. The number of benzene rings is 2. The van der Waals surface area contributed by atoms with Crippen molar-refractivity contribution in [2.45, 2.75) is 25.1 Å². The predicted molar refractivity (Wildman–Crippen MR) is 128 cm³/mol. The molecule has 188 valence electrons. The summed E-state index contributed by atoms with van der Waals surface area (Å²) in [5, 5.41) is 7.15. The van der Waals surface area contributed by atoms with Gasteiger partial charge in [0.05, 0.1) is 11.9 Å². The molecule has 5 rings (SSSR count). The zero-order chi connectivity index (χ0) is 26.2. The highest BCUT2D eigenvalue weighted by molar-refractivity contribution is 6.04. The number of carbonyl (C=O) groups excluding carboxylic acids is 2. The van der Waals surface area contributed by atoms with Crippen LogP contribution in [0.5, 0.6) is 0 Å². The average molecular weight is 506 g/mol. The Morgan fingerprint density at radius 1 is 1.03 bits per heavy atom. The third-order valence-corrected chi connectivity index (χ3v) is 6.14. The second-order valence-corrected chi connectivity index (χ2v) is 8.36. The Balaban J connectivity index is 1.60. The standard InChI is InChI=1S/C26H21F3N6O2/c1-2-34-24-18(15-31-35(24)17-11-7-4-8-12-17)20(16-9-5-3-6-10-16)21(25(34)37)33-23(36)22-30-14-13-19(32-22)26(27,28)29/h3-15,20-21H,2H2,1H3,(H,33,36). The van der Waals surface area contributed by atoms with Crippen LogP contribution in [-0.4, -0.2) is 44.1 Å². The van der Waals surface area contributed by atoms with E-state index in [4.69, 9.17) is 0 Å². The lowest BCUT2D eigenvalue weighted by molar-refractivity contribution is -0.141. The predicted octanol–water partition coefficient (Wildman–Crippen LogP) is 3.98. The number of anilines is 1. The summed E-state index contributed by atoms with van der Waals surface area (Å²) in [7, 11) is 0. The molecule has 0 spiro atoms. The minimum Gasteiger partial charge on any atom is -0.337 e. The van der Waals surface area contributed by atoms with Gasteiger partial charge in [0.1, 0.15) is 17.6 Å². The van der Waals surface area contributed by atoms with Crippen LogP contribution in [0.2, 0.25) is 0 Å². The molecule has 2 amide bonds. The van der Waals surface area contributed by atoms with Gasteiger partial charge in [0.25, 0.3) is 11.8 Å². The molecule has 4 aromatic rings. The van der Waals surface area contributed by atoms with Gasteiger partial charge < -0.3 is 5.32 Å². The number of amides is 2. The number of fused-ring (bicyclic) bond motifs is 1. The lowest BCUT2D eigenvalue weighted by Gasteiger charge is -2.38. The van der Waals surface area contributed by atoms with Gasteiger partial charge >= 0.3 is 6.18 Å². The Hall–Kier alpha value is -4.54. The number of nitrogens with one attached hydrogen (secondary N) is 1. The van der Waals surface area contributed by atoms with E-state index in [0.717, 1.165) is 17.4 Å². The highest BCUT2D eigenvalue weighted by Gasteiger charge is 2.44. The number of aromatic nitrogens is 4. The number of halogens is 3. The molecule has 0 saturated carbocycles. The van der Waals surface area contributed by atoms with E-state index in [1.165, 1.54) is 4.90 Å². The van der Waals surface area contributed by atoms with Crippen molar-refractivity contribution in [3.05, 3.63) is 102 Å². The first-order valence-corrected chi connectivity index (χ1v) is 11.5. The molecule has 3 heterocycles. The monoisotopic (exact) mass is 506 g/mol. The number of para-hydroxylation sites is 1. The zero-order valence-electron chi connectivity index (χ0n) is 19.6.